The topological polar surface area (TPSA) is 144 Å². The number of hydrogen-bond donors (Lipinski definition) is 4. The minimum absolute atomic E-state index is 0.130. The van der Waals surface area contributed by atoms with E-state index in [9.17, 15) is 19.8 Å². The predicted octanol–water partition coefficient (Wildman–Crippen LogP) is 4.26. The van der Waals surface area contributed by atoms with Gasteiger partial charge in [-0.25, -0.2) is 4.98 Å². The zero-order chi connectivity index (χ0) is 37.0. The van der Waals surface area contributed by atoms with E-state index in [1.807, 2.05) is 112 Å². The van der Waals surface area contributed by atoms with Gasteiger partial charge in [0.25, 0.3) is 0 Å². The van der Waals surface area contributed by atoms with Crippen molar-refractivity contribution in [3.05, 3.63) is 108 Å². The number of piperazine rings is 1. The van der Waals surface area contributed by atoms with Crippen molar-refractivity contribution >= 4 is 11.8 Å². The van der Waals surface area contributed by atoms with Crippen molar-refractivity contribution in [1.29, 1.82) is 0 Å². The molecule has 5 atom stereocenters. The lowest BCUT2D eigenvalue weighted by Gasteiger charge is -2.47. The number of rotatable bonds is 12. The predicted molar refractivity (Wildman–Crippen MR) is 199 cm³/mol. The molecular formula is C41H52N6O5. The number of carbonyl (C=O) groups excluding carboxylic acids is 2. The lowest BCUT2D eigenvalue weighted by Crippen LogP contribution is -2.64. The first-order valence-electron chi connectivity index (χ1n) is 18.3. The van der Waals surface area contributed by atoms with Gasteiger partial charge in [0, 0.05) is 50.3 Å². The highest BCUT2D eigenvalue weighted by molar-refractivity contribution is 5.83. The Hall–Kier alpha value is -4.42. The maximum Gasteiger partial charge on any atom is 0.239 e. The number of aliphatic hydroxyl groups is 2. The van der Waals surface area contributed by atoms with Gasteiger partial charge in [-0.15, -0.1) is 0 Å². The molecule has 11 nitrogen and oxygen atoms in total. The van der Waals surface area contributed by atoms with E-state index < -0.39 is 41.3 Å². The molecule has 1 saturated heterocycles. The lowest BCUT2D eigenvalue weighted by molar-refractivity contribution is -0.134. The average molecular weight is 709 g/mol. The van der Waals surface area contributed by atoms with Gasteiger partial charge in [0.15, 0.2) is 5.76 Å². The standard InChI is InChI=1S/C41H52N6O5/c1-40(2,3)45-38(51)33-26-47(41(4,5)39-43-24-35(52-39)32-17-11-12-18-42-32)20-19-46(33)25-30(48)22-29(21-27-13-7-6-8-14-27)37(50)44-36-31-16-10-9-15-28(31)23-34(36)49/h6-18,24,29-30,33-34,36,48-49H,19-23,25-26H2,1-5H3,(H,44,50)(H,45,51)/t29-,30-,33-,34+,36-/m0/s1. The molecule has 2 aromatic carbocycles. The third-order valence-corrected chi connectivity index (χ3v) is 10.2. The van der Waals surface area contributed by atoms with Gasteiger partial charge >= 0.3 is 0 Å². The fraction of sp³-hybridized carbons (Fsp3) is 0.463. The fourth-order valence-corrected chi connectivity index (χ4v) is 7.44. The van der Waals surface area contributed by atoms with E-state index >= 15 is 0 Å². The average Bonchev–Trinajstić information content (AvgIpc) is 3.74. The van der Waals surface area contributed by atoms with Gasteiger partial charge in [-0.05, 0) is 76.3 Å². The molecule has 2 aromatic heterocycles. The number of benzene rings is 2. The van der Waals surface area contributed by atoms with Gasteiger partial charge in [-0.3, -0.25) is 24.4 Å². The highest BCUT2D eigenvalue weighted by Crippen LogP contribution is 2.34. The molecule has 0 radical (unpaired) electrons. The largest absolute Gasteiger partial charge is 0.437 e. The van der Waals surface area contributed by atoms with Gasteiger partial charge in [-0.1, -0.05) is 60.7 Å². The maximum atomic E-state index is 14.0. The molecule has 0 saturated carbocycles. The van der Waals surface area contributed by atoms with Crippen LogP contribution in [0.3, 0.4) is 0 Å². The van der Waals surface area contributed by atoms with Crippen LogP contribution in [0.15, 0.2) is 89.6 Å². The van der Waals surface area contributed by atoms with E-state index in [2.05, 4.69) is 25.5 Å². The number of nitrogens with zero attached hydrogens (tertiary/aromatic N) is 4. The number of aliphatic hydroxyl groups excluding tert-OH is 2. The van der Waals surface area contributed by atoms with Crippen LogP contribution in [0, 0.1) is 5.92 Å². The van der Waals surface area contributed by atoms with Gasteiger partial charge in [0.2, 0.25) is 17.7 Å². The second-order valence-corrected chi connectivity index (χ2v) is 15.7. The Kier molecular flexibility index (Phi) is 11.3. The Morgan fingerprint density at radius 3 is 2.42 bits per heavy atom. The highest BCUT2D eigenvalue weighted by Gasteiger charge is 2.43. The number of fused-ring (bicyclic) bond motifs is 1. The Labute approximate surface area is 306 Å². The molecule has 4 N–H and O–H groups in total. The zero-order valence-electron chi connectivity index (χ0n) is 30.8. The Balaban J connectivity index is 1.18. The molecular weight excluding hydrogens is 656 g/mol. The van der Waals surface area contributed by atoms with Crippen LogP contribution in [0.5, 0.6) is 0 Å². The molecule has 2 aliphatic rings. The zero-order valence-corrected chi connectivity index (χ0v) is 30.8. The van der Waals surface area contributed by atoms with Crippen LogP contribution < -0.4 is 10.6 Å². The summed E-state index contributed by atoms with van der Waals surface area (Å²) in [4.78, 5) is 41.1. The quantitative estimate of drug-likeness (QED) is 0.170. The van der Waals surface area contributed by atoms with Gasteiger partial charge in [0.1, 0.15) is 11.7 Å². The lowest BCUT2D eigenvalue weighted by atomic mass is 9.91. The minimum atomic E-state index is -0.891. The molecule has 1 fully saturated rings. The number of oxazole rings is 1. The van der Waals surface area contributed by atoms with E-state index in [0.717, 1.165) is 16.7 Å². The molecule has 6 rings (SSSR count). The number of aromatic nitrogens is 2. The third kappa shape index (κ3) is 8.78. The summed E-state index contributed by atoms with van der Waals surface area (Å²) in [7, 11) is 0. The number of pyridine rings is 1. The molecule has 1 aliphatic heterocycles. The van der Waals surface area contributed by atoms with Crippen molar-refractivity contribution < 1.29 is 24.2 Å². The Morgan fingerprint density at radius 2 is 1.69 bits per heavy atom. The number of amides is 2. The van der Waals surface area contributed by atoms with Crippen molar-refractivity contribution in [2.75, 3.05) is 26.2 Å². The van der Waals surface area contributed by atoms with Crippen LogP contribution >= 0.6 is 0 Å². The van der Waals surface area contributed by atoms with Crippen LogP contribution in [0.1, 0.15) is 69.7 Å². The SMILES string of the molecule is CC(C)(C)NC(=O)[C@@H]1CN(C(C)(C)c2ncc(-c3ccccn3)o2)CCN1C[C@@H](O)C[C@H](Cc1ccccc1)C(=O)N[C@H]1c2ccccc2C[C@H]1O. The van der Waals surface area contributed by atoms with Crippen molar-refractivity contribution in [3.8, 4) is 11.5 Å². The molecule has 0 bridgehead atoms. The summed E-state index contributed by atoms with van der Waals surface area (Å²) in [5, 5.41) is 28.8. The summed E-state index contributed by atoms with van der Waals surface area (Å²) in [5.41, 5.74) is 2.54. The third-order valence-electron chi connectivity index (χ3n) is 10.2. The number of hydrogen-bond acceptors (Lipinski definition) is 9. The van der Waals surface area contributed by atoms with Crippen molar-refractivity contribution in [2.24, 2.45) is 5.92 Å². The normalized spacial score (nSPS) is 20.9. The van der Waals surface area contributed by atoms with E-state index in [0.29, 0.717) is 49.8 Å². The Bertz CT molecular complexity index is 1810. The van der Waals surface area contributed by atoms with Crippen molar-refractivity contribution in [1.82, 2.24) is 30.4 Å². The molecule has 1 aliphatic carbocycles. The molecule has 3 heterocycles. The summed E-state index contributed by atoms with van der Waals surface area (Å²) >= 11 is 0. The molecule has 276 valence electrons. The van der Waals surface area contributed by atoms with Crippen LogP contribution in [-0.4, -0.2) is 91.8 Å². The molecule has 4 aromatic rings. The summed E-state index contributed by atoms with van der Waals surface area (Å²) < 4.78 is 6.22. The van der Waals surface area contributed by atoms with Gasteiger partial charge in [0.05, 0.1) is 30.0 Å². The van der Waals surface area contributed by atoms with Gasteiger partial charge in [-0.2, -0.15) is 0 Å². The fourth-order valence-electron chi connectivity index (χ4n) is 7.44. The van der Waals surface area contributed by atoms with Crippen LogP contribution in [0.2, 0.25) is 0 Å². The second kappa shape index (κ2) is 15.7. The van der Waals surface area contributed by atoms with Crippen LogP contribution in [0.25, 0.3) is 11.5 Å². The van der Waals surface area contributed by atoms with Crippen molar-refractivity contribution in [3.63, 3.8) is 0 Å². The van der Waals surface area contributed by atoms with E-state index in [1.54, 1.807) is 12.4 Å². The second-order valence-electron chi connectivity index (χ2n) is 15.7. The molecule has 52 heavy (non-hydrogen) atoms. The first-order valence-corrected chi connectivity index (χ1v) is 18.3. The highest BCUT2D eigenvalue weighted by atomic mass is 16.4. The Morgan fingerprint density at radius 1 is 0.962 bits per heavy atom. The van der Waals surface area contributed by atoms with E-state index in [1.165, 1.54) is 0 Å². The summed E-state index contributed by atoms with van der Waals surface area (Å²) in [6, 6.07) is 22.1. The van der Waals surface area contributed by atoms with Crippen LogP contribution in [-0.2, 0) is 28.0 Å². The van der Waals surface area contributed by atoms with E-state index in [-0.39, 0.29) is 24.8 Å². The first kappa shape index (κ1) is 37.3. The minimum Gasteiger partial charge on any atom is -0.437 e. The molecule has 0 unspecified atom stereocenters. The smallest absolute Gasteiger partial charge is 0.239 e. The first-order chi connectivity index (χ1) is 24.8. The monoisotopic (exact) mass is 708 g/mol. The molecule has 2 amide bonds. The summed E-state index contributed by atoms with van der Waals surface area (Å²) in [6.07, 6.45) is 2.89. The summed E-state index contributed by atoms with van der Waals surface area (Å²) in [6.45, 7) is 11.6. The van der Waals surface area contributed by atoms with Gasteiger partial charge < -0.3 is 25.3 Å². The molecule has 0 spiro atoms. The number of carbonyl (C=O) groups is 2. The maximum absolute atomic E-state index is 14.0. The molecule has 11 heteroatoms. The number of nitrogens with one attached hydrogen (secondary N) is 2. The van der Waals surface area contributed by atoms with E-state index in [4.69, 9.17) is 4.42 Å². The van der Waals surface area contributed by atoms with Crippen molar-refractivity contribution in [2.45, 2.75) is 89.3 Å². The van der Waals surface area contributed by atoms with Crippen LogP contribution in [0.4, 0.5) is 0 Å². The number of β-amino-alcohol motifs (C(OH)–C–C–N with tert-alkyl or cyclic N) is 1. The summed E-state index contributed by atoms with van der Waals surface area (Å²) in [5.74, 6) is 0.204.